The summed E-state index contributed by atoms with van der Waals surface area (Å²) in [6, 6.07) is 2.82. The third kappa shape index (κ3) is 2.23. The van der Waals surface area contributed by atoms with E-state index in [0.29, 0.717) is 12.5 Å². The monoisotopic (exact) mass is 282 g/mol. The van der Waals surface area contributed by atoms with Gasteiger partial charge in [-0.15, -0.1) is 0 Å². The number of rotatable bonds is 2. The summed E-state index contributed by atoms with van der Waals surface area (Å²) >= 11 is 0. The third-order valence-electron chi connectivity index (χ3n) is 4.32. The van der Waals surface area contributed by atoms with E-state index in [9.17, 15) is 13.2 Å². The van der Waals surface area contributed by atoms with E-state index in [4.69, 9.17) is 0 Å². The minimum atomic E-state index is -3.46. The molecule has 0 radical (unpaired) electrons. The van der Waals surface area contributed by atoms with Crippen LogP contribution in [0.2, 0.25) is 0 Å². The van der Waals surface area contributed by atoms with Gasteiger partial charge in [-0.25, -0.2) is 8.42 Å². The fraction of sp³-hybridized carbons (Fsp3) is 0.615. The number of hydrogen-bond acceptors (Lipinski definition) is 3. The highest BCUT2D eigenvalue weighted by molar-refractivity contribution is 7.89. The van der Waals surface area contributed by atoms with Gasteiger partial charge < -0.3 is 4.98 Å². The molecule has 104 valence electrons. The molecule has 1 N–H and O–H groups in total. The molecule has 2 aliphatic rings. The lowest BCUT2D eigenvalue weighted by atomic mass is 9.86. The van der Waals surface area contributed by atoms with Crippen LogP contribution in [0.3, 0.4) is 0 Å². The number of sulfonamides is 1. The minimum Gasteiger partial charge on any atom is -0.328 e. The van der Waals surface area contributed by atoms with Crippen LogP contribution in [0.4, 0.5) is 0 Å². The highest BCUT2D eigenvalue weighted by Crippen LogP contribution is 2.38. The van der Waals surface area contributed by atoms with Gasteiger partial charge in [0.05, 0.1) is 4.90 Å². The maximum atomic E-state index is 12.6. The Labute approximate surface area is 112 Å². The van der Waals surface area contributed by atoms with Crippen molar-refractivity contribution in [3.05, 3.63) is 28.7 Å². The van der Waals surface area contributed by atoms with Crippen molar-refractivity contribution >= 4 is 10.0 Å². The van der Waals surface area contributed by atoms with Crippen LogP contribution in [-0.4, -0.2) is 30.3 Å². The molecule has 6 heteroatoms. The molecule has 2 atom stereocenters. The first kappa shape index (κ1) is 12.9. The second-order valence-electron chi connectivity index (χ2n) is 5.40. The third-order valence-corrected chi connectivity index (χ3v) is 6.24. The largest absolute Gasteiger partial charge is 0.328 e. The van der Waals surface area contributed by atoms with E-state index in [2.05, 4.69) is 4.98 Å². The van der Waals surface area contributed by atoms with Gasteiger partial charge in [0.1, 0.15) is 0 Å². The molecule has 1 aromatic rings. The molecule has 1 saturated carbocycles. The van der Waals surface area contributed by atoms with Crippen molar-refractivity contribution in [2.24, 2.45) is 5.92 Å². The highest BCUT2D eigenvalue weighted by atomic mass is 32.2. The number of hydrogen-bond donors (Lipinski definition) is 1. The predicted molar refractivity (Wildman–Crippen MR) is 71.3 cm³/mol. The summed E-state index contributed by atoms with van der Waals surface area (Å²) in [6.45, 7) is 0.608. The van der Waals surface area contributed by atoms with Crippen LogP contribution in [0.15, 0.2) is 28.0 Å². The smallest absolute Gasteiger partial charge is 0.247 e. The van der Waals surface area contributed by atoms with Gasteiger partial charge in [0, 0.05) is 24.8 Å². The molecule has 19 heavy (non-hydrogen) atoms. The number of aromatic nitrogens is 1. The zero-order valence-electron chi connectivity index (χ0n) is 10.7. The lowest BCUT2D eigenvalue weighted by Crippen LogP contribution is -2.39. The first-order valence-corrected chi connectivity index (χ1v) is 8.23. The summed E-state index contributed by atoms with van der Waals surface area (Å²) in [5.41, 5.74) is -0.282. The highest BCUT2D eigenvalue weighted by Gasteiger charge is 2.42. The molecule has 0 spiro atoms. The van der Waals surface area contributed by atoms with Gasteiger partial charge in [-0.2, -0.15) is 4.31 Å². The molecule has 1 aliphatic heterocycles. The molecular formula is C13H18N2O3S. The standard InChI is InChI=1S/C13H18N2O3S/c16-13-6-5-11(9-14-13)19(17,18)15-8-7-10-3-1-2-4-12(10)15/h5-6,9-10,12H,1-4,7-8H2,(H,14,16). The molecule has 1 saturated heterocycles. The second-order valence-corrected chi connectivity index (χ2v) is 7.30. The Kier molecular flexibility index (Phi) is 3.22. The molecule has 2 fully saturated rings. The van der Waals surface area contributed by atoms with Crippen molar-refractivity contribution in [2.75, 3.05) is 6.54 Å². The van der Waals surface area contributed by atoms with Crippen molar-refractivity contribution in [3.8, 4) is 0 Å². The summed E-state index contributed by atoms with van der Waals surface area (Å²) < 4.78 is 26.9. The van der Waals surface area contributed by atoms with Crippen molar-refractivity contribution in [1.82, 2.24) is 9.29 Å². The Balaban J connectivity index is 1.92. The number of aromatic amines is 1. The molecule has 2 unspecified atom stereocenters. The Morgan fingerprint density at radius 3 is 2.68 bits per heavy atom. The summed E-state index contributed by atoms with van der Waals surface area (Å²) in [5, 5.41) is 0. The van der Waals surface area contributed by atoms with E-state index in [-0.39, 0.29) is 16.5 Å². The number of pyridine rings is 1. The normalized spacial score (nSPS) is 28.2. The quantitative estimate of drug-likeness (QED) is 0.889. The van der Waals surface area contributed by atoms with Crippen LogP contribution in [0.1, 0.15) is 32.1 Å². The van der Waals surface area contributed by atoms with Crippen LogP contribution in [0.25, 0.3) is 0 Å². The van der Waals surface area contributed by atoms with E-state index >= 15 is 0 Å². The topological polar surface area (TPSA) is 70.2 Å². The minimum absolute atomic E-state index is 0.158. The number of nitrogens with one attached hydrogen (secondary N) is 1. The van der Waals surface area contributed by atoms with Gasteiger partial charge in [0.15, 0.2) is 0 Å². The van der Waals surface area contributed by atoms with E-state index in [1.807, 2.05) is 0 Å². The molecule has 0 amide bonds. The van der Waals surface area contributed by atoms with Gasteiger partial charge >= 0.3 is 0 Å². The van der Waals surface area contributed by atoms with Crippen molar-refractivity contribution in [1.29, 1.82) is 0 Å². The Hall–Kier alpha value is -1.14. The first-order valence-electron chi connectivity index (χ1n) is 6.79. The van der Waals surface area contributed by atoms with Crippen LogP contribution in [0.5, 0.6) is 0 Å². The molecule has 1 aliphatic carbocycles. The molecule has 0 aromatic carbocycles. The van der Waals surface area contributed by atoms with Gasteiger partial charge in [0.25, 0.3) is 0 Å². The number of H-pyrrole nitrogens is 1. The Bertz CT molecular complexity index is 603. The van der Waals surface area contributed by atoms with Crippen LogP contribution in [-0.2, 0) is 10.0 Å². The van der Waals surface area contributed by atoms with E-state index in [0.717, 1.165) is 25.7 Å². The fourth-order valence-corrected chi connectivity index (χ4v) is 5.05. The van der Waals surface area contributed by atoms with Gasteiger partial charge in [-0.1, -0.05) is 12.8 Å². The van der Waals surface area contributed by atoms with E-state index in [1.54, 1.807) is 4.31 Å². The van der Waals surface area contributed by atoms with Crippen LogP contribution >= 0.6 is 0 Å². The molecular weight excluding hydrogens is 264 g/mol. The van der Waals surface area contributed by atoms with E-state index < -0.39 is 10.0 Å². The average Bonchev–Trinajstić information content (AvgIpc) is 2.83. The van der Waals surface area contributed by atoms with Gasteiger partial charge in [-0.05, 0) is 31.2 Å². The summed E-state index contributed by atoms with van der Waals surface area (Å²) in [5.74, 6) is 0.520. The number of fused-ring (bicyclic) bond motifs is 1. The SMILES string of the molecule is O=c1ccc(S(=O)(=O)N2CCC3CCCCC32)c[nH]1. The zero-order chi connectivity index (χ0) is 13.5. The molecule has 1 aromatic heterocycles. The van der Waals surface area contributed by atoms with Gasteiger partial charge in [0.2, 0.25) is 15.6 Å². The lowest BCUT2D eigenvalue weighted by Gasteiger charge is -2.30. The maximum Gasteiger partial charge on any atom is 0.247 e. The molecule has 3 rings (SSSR count). The Morgan fingerprint density at radius 2 is 1.95 bits per heavy atom. The summed E-state index contributed by atoms with van der Waals surface area (Å²) in [6.07, 6.45) is 6.70. The fourth-order valence-electron chi connectivity index (χ4n) is 3.35. The van der Waals surface area contributed by atoms with Gasteiger partial charge in [-0.3, -0.25) is 4.79 Å². The number of nitrogens with zero attached hydrogens (tertiary/aromatic N) is 1. The molecule has 0 bridgehead atoms. The molecule has 5 nitrogen and oxygen atoms in total. The van der Waals surface area contributed by atoms with Crippen LogP contribution in [0, 0.1) is 5.92 Å². The van der Waals surface area contributed by atoms with Crippen molar-refractivity contribution < 1.29 is 8.42 Å². The zero-order valence-corrected chi connectivity index (χ0v) is 11.5. The lowest BCUT2D eigenvalue weighted by molar-refractivity contribution is 0.260. The summed E-state index contributed by atoms with van der Waals surface area (Å²) in [7, 11) is -3.46. The summed E-state index contributed by atoms with van der Waals surface area (Å²) in [4.78, 5) is 13.7. The first-order chi connectivity index (χ1) is 9.09. The van der Waals surface area contributed by atoms with Crippen molar-refractivity contribution in [3.63, 3.8) is 0 Å². The van der Waals surface area contributed by atoms with E-state index in [1.165, 1.54) is 24.8 Å². The van der Waals surface area contributed by atoms with Crippen LogP contribution < -0.4 is 5.56 Å². The Morgan fingerprint density at radius 1 is 1.16 bits per heavy atom. The maximum absolute atomic E-state index is 12.6. The second kappa shape index (κ2) is 4.76. The average molecular weight is 282 g/mol. The van der Waals surface area contributed by atoms with Crippen molar-refractivity contribution in [2.45, 2.75) is 43.0 Å². The molecule has 2 heterocycles. The predicted octanol–water partition coefficient (Wildman–Crippen LogP) is 1.33.